The molecule has 0 fully saturated rings. The predicted octanol–water partition coefficient (Wildman–Crippen LogP) is 3.92. The fourth-order valence-electron chi connectivity index (χ4n) is 2.40. The van der Waals surface area contributed by atoms with E-state index >= 15 is 0 Å². The van der Waals surface area contributed by atoms with Crippen LogP contribution in [-0.2, 0) is 12.8 Å². The first-order valence-corrected chi connectivity index (χ1v) is 8.42. The van der Waals surface area contributed by atoms with E-state index in [-0.39, 0.29) is 6.04 Å². The zero-order valence-corrected chi connectivity index (χ0v) is 13.5. The second-order valence-corrected chi connectivity index (χ2v) is 7.68. The van der Waals surface area contributed by atoms with Crippen molar-refractivity contribution in [2.45, 2.75) is 25.3 Å². The van der Waals surface area contributed by atoms with Gasteiger partial charge in [-0.15, -0.1) is 11.3 Å². The third-order valence-electron chi connectivity index (χ3n) is 3.51. The van der Waals surface area contributed by atoms with Crippen LogP contribution in [0.1, 0.15) is 29.2 Å². The SMILES string of the molecule is NC(CCc1ccc2c(c1)CCO2)c1csc(I)c1. The molecule has 2 nitrogen and oxygen atoms in total. The third-order valence-corrected chi connectivity index (χ3v) is 5.32. The van der Waals surface area contributed by atoms with Crippen molar-refractivity contribution < 1.29 is 4.74 Å². The van der Waals surface area contributed by atoms with Crippen LogP contribution in [-0.4, -0.2) is 6.61 Å². The Morgan fingerprint density at radius 2 is 2.26 bits per heavy atom. The molecule has 0 bridgehead atoms. The predicted molar refractivity (Wildman–Crippen MR) is 87.9 cm³/mol. The standard InChI is InChI=1S/C15H16INOS/c16-15-8-12(9-19-15)13(17)3-1-10-2-4-14-11(7-10)5-6-18-14/h2,4,7-9,13H,1,3,5-6,17H2. The highest BCUT2D eigenvalue weighted by molar-refractivity contribution is 14.1. The van der Waals surface area contributed by atoms with Gasteiger partial charge in [0.15, 0.2) is 0 Å². The molecule has 2 heterocycles. The monoisotopic (exact) mass is 385 g/mol. The Kier molecular flexibility index (Phi) is 4.10. The molecule has 3 rings (SSSR count). The number of fused-ring (bicyclic) bond motifs is 1. The van der Waals surface area contributed by atoms with E-state index in [0.29, 0.717) is 0 Å². The van der Waals surface area contributed by atoms with E-state index in [2.05, 4.69) is 52.2 Å². The number of nitrogens with two attached hydrogens (primary N) is 1. The molecule has 1 aromatic carbocycles. The Morgan fingerprint density at radius 1 is 1.37 bits per heavy atom. The van der Waals surface area contributed by atoms with Gasteiger partial charge in [-0.25, -0.2) is 0 Å². The van der Waals surface area contributed by atoms with Crippen molar-refractivity contribution in [2.24, 2.45) is 5.73 Å². The molecule has 1 aromatic heterocycles. The van der Waals surface area contributed by atoms with Gasteiger partial charge in [0.05, 0.1) is 9.49 Å². The maximum Gasteiger partial charge on any atom is 0.122 e. The first kappa shape index (κ1) is 13.4. The van der Waals surface area contributed by atoms with Crippen LogP contribution in [0.4, 0.5) is 0 Å². The highest BCUT2D eigenvalue weighted by atomic mass is 127. The Morgan fingerprint density at radius 3 is 3.05 bits per heavy atom. The Hall–Kier alpha value is -0.590. The summed E-state index contributed by atoms with van der Waals surface area (Å²) in [7, 11) is 0. The summed E-state index contributed by atoms with van der Waals surface area (Å²) in [5.74, 6) is 1.06. The van der Waals surface area contributed by atoms with Crippen LogP contribution in [0.5, 0.6) is 5.75 Å². The highest BCUT2D eigenvalue weighted by Gasteiger charge is 2.13. The number of hydrogen-bond acceptors (Lipinski definition) is 3. The Labute approximate surface area is 131 Å². The summed E-state index contributed by atoms with van der Waals surface area (Å²) in [6, 6.07) is 8.85. The van der Waals surface area contributed by atoms with Gasteiger partial charge < -0.3 is 10.5 Å². The lowest BCUT2D eigenvalue weighted by Crippen LogP contribution is -2.10. The minimum absolute atomic E-state index is 0.143. The molecule has 1 aliphatic rings. The lowest BCUT2D eigenvalue weighted by molar-refractivity contribution is 0.357. The van der Waals surface area contributed by atoms with Gasteiger partial charge in [-0.2, -0.15) is 0 Å². The van der Waals surface area contributed by atoms with Gasteiger partial charge in [0, 0.05) is 12.5 Å². The molecule has 0 amide bonds. The molecule has 0 saturated carbocycles. The molecule has 2 N–H and O–H groups in total. The summed E-state index contributed by atoms with van der Waals surface area (Å²) >= 11 is 4.10. The molecule has 0 spiro atoms. The minimum Gasteiger partial charge on any atom is -0.493 e. The summed E-state index contributed by atoms with van der Waals surface area (Å²) in [5.41, 5.74) is 10.2. The summed E-state index contributed by atoms with van der Waals surface area (Å²) in [6.07, 6.45) is 3.06. The van der Waals surface area contributed by atoms with E-state index in [1.807, 2.05) is 0 Å². The van der Waals surface area contributed by atoms with Gasteiger partial charge >= 0.3 is 0 Å². The second-order valence-electron chi connectivity index (χ2n) is 4.87. The number of rotatable bonds is 4. The second kappa shape index (κ2) is 5.81. The molecule has 4 heteroatoms. The smallest absolute Gasteiger partial charge is 0.122 e. The number of thiophene rings is 1. The molecule has 1 unspecified atom stereocenters. The molecule has 1 aliphatic heterocycles. The number of ether oxygens (including phenoxy) is 1. The molecule has 0 saturated heterocycles. The van der Waals surface area contributed by atoms with Gasteiger partial charge in [-0.1, -0.05) is 12.1 Å². The van der Waals surface area contributed by atoms with Crippen LogP contribution >= 0.6 is 33.9 Å². The molecule has 2 aromatic rings. The maximum atomic E-state index is 6.25. The van der Waals surface area contributed by atoms with E-state index in [1.54, 1.807) is 11.3 Å². The zero-order chi connectivity index (χ0) is 13.2. The van der Waals surface area contributed by atoms with Crippen molar-refractivity contribution in [3.63, 3.8) is 0 Å². The largest absolute Gasteiger partial charge is 0.493 e. The molecular formula is C15H16INOS. The van der Waals surface area contributed by atoms with Crippen molar-refractivity contribution in [3.8, 4) is 5.75 Å². The lowest BCUT2D eigenvalue weighted by Gasteiger charge is -2.10. The number of benzene rings is 1. The maximum absolute atomic E-state index is 6.25. The summed E-state index contributed by atoms with van der Waals surface area (Å²) in [6.45, 7) is 0.825. The van der Waals surface area contributed by atoms with Crippen LogP contribution in [0.3, 0.4) is 0 Å². The number of aryl methyl sites for hydroxylation is 1. The number of halogens is 1. The summed E-state index contributed by atoms with van der Waals surface area (Å²) < 4.78 is 6.83. The van der Waals surface area contributed by atoms with E-state index in [0.717, 1.165) is 31.6 Å². The minimum atomic E-state index is 0.143. The van der Waals surface area contributed by atoms with Crippen molar-refractivity contribution in [3.05, 3.63) is 49.2 Å². The lowest BCUT2D eigenvalue weighted by atomic mass is 10.00. The van der Waals surface area contributed by atoms with Crippen molar-refractivity contribution in [1.29, 1.82) is 0 Å². The zero-order valence-electron chi connectivity index (χ0n) is 10.6. The Bertz CT molecular complexity index is 581. The molecule has 1 atom stereocenters. The topological polar surface area (TPSA) is 35.2 Å². The van der Waals surface area contributed by atoms with Crippen molar-refractivity contribution in [2.75, 3.05) is 6.61 Å². The van der Waals surface area contributed by atoms with E-state index in [9.17, 15) is 0 Å². The Balaban J connectivity index is 1.63. The first-order chi connectivity index (χ1) is 9.22. The molecule has 0 radical (unpaired) electrons. The van der Waals surface area contributed by atoms with Crippen LogP contribution in [0, 0.1) is 2.88 Å². The van der Waals surface area contributed by atoms with Gasteiger partial charge in [0.2, 0.25) is 0 Å². The van der Waals surface area contributed by atoms with Gasteiger partial charge in [-0.3, -0.25) is 0 Å². The van der Waals surface area contributed by atoms with Gasteiger partial charge in [-0.05, 0) is 69.6 Å². The van der Waals surface area contributed by atoms with Crippen molar-refractivity contribution in [1.82, 2.24) is 0 Å². The fraction of sp³-hybridized carbons (Fsp3) is 0.333. The van der Waals surface area contributed by atoms with E-state index < -0.39 is 0 Å². The number of hydrogen-bond donors (Lipinski definition) is 1. The van der Waals surface area contributed by atoms with Gasteiger partial charge in [0.25, 0.3) is 0 Å². The van der Waals surface area contributed by atoms with E-state index in [4.69, 9.17) is 10.5 Å². The molecule has 0 aliphatic carbocycles. The first-order valence-electron chi connectivity index (χ1n) is 6.46. The van der Waals surface area contributed by atoms with Crippen LogP contribution in [0.15, 0.2) is 29.6 Å². The van der Waals surface area contributed by atoms with Crippen LogP contribution in [0.25, 0.3) is 0 Å². The average molecular weight is 385 g/mol. The average Bonchev–Trinajstić information content (AvgIpc) is 3.03. The van der Waals surface area contributed by atoms with Gasteiger partial charge in [0.1, 0.15) is 5.75 Å². The van der Waals surface area contributed by atoms with Crippen LogP contribution in [0.2, 0.25) is 0 Å². The molecule has 19 heavy (non-hydrogen) atoms. The fourth-order valence-corrected chi connectivity index (χ4v) is 3.84. The summed E-state index contributed by atoms with van der Waals surface area (Å²) in [5, 5.41) is 2.17. The highest BCUT2D eigenvalue weighted by Crippen LogP contribution is 2.28. The van der Waals surface area contributed by atoms with Crippen LogP contribution < -0.4 is 10.5 Å². The summed E-state index contributed by atoms with van der Waals surface area (Å²) in [4.78, 5) is 0. The molecular weight excluding hydrogens is 369 g/mol. The quantitative estimate of drug-likeness (QED) is 0.810. The normalized spacial score (nSPS) is 15.1. The molecule has 100 valence electrons. The van der Waals surface area contributed by atoms with Crippen molar-refractivity contribution >= 4 is 33.9 Å². The third kappa shape index (κ3) is 3.12. The van der Waals surface area contributed by atoms with E-state index in [1.165, 1.54) is 19.6 Å².